The third-order valence-electron chi connectivity index (χ3n) is 5.60. The van der Waals surface area contributed by atoms with Crippen LogP contribution in [0.15, 0.2) is 72.4 Å². The van der Waals surface area contributed by atoms with Crippen LogP contribution in [0.4, 0.5) is 13.2 Å². The summed E-state index contributed by atoms with van der Waals surface area (Å²) in [4.78, 5) is 21.1. The molecular weight excluding hydrogens is 429 g/mol. The predicted octanol–water partition coefficient (Wildman–Crippen LogP) is 4.33. The lowest BCUT2D eigenvalue weighted by Gasteiger charge is -2.30. The highest BCUT2D eigenvalue weighted by Crippen LogP contribution is 2.47. The number of benzene rings is 1. The fourth-order valence-electron chi connectivity index (χ4n) is 4.25. The van der Waals surface area contributed by atoms with Crippen LogP contribution in [-0.4, -0.2) is 25.8 Å². The Morgan fingerprint density at radius 1 is 1.00 bits per heavy atom. The molecule has 5 rings (SSSR count). The standard InChI is InChI=1S/C24H17F3N6/c1-13-7-16(9-20(32-13)22(26)27)24(17-3-2-4-18(25)21(17)23(28)33-24)15-5-6-31-19(8-15)14-10-29-12-30-11-14/h2-12,22H,1H3,(H2,28,33). The molecule has 3 aromatic heterocycles. The molecule has 0 fully saturated rings. The summed E-state index contributed by atoms with van der Waals surface area (Å²) < 4.78 is 42.1. The fraction of sp³-hybridized carbons (Fsp3) is 0.125. The molecule has 0 aliphatic carbocycles. The van der Waals surface area contributed by atoms with Gasteiger partial charge >= 0.3 is 0 Å². The second-order valence-electron chi connectivity index (χ2n) is 7.65. The molecule has 6 nitrogen and oxygen atoms in total. The van der Waals surface area contributed by atoms with Gasteiger partial charge in [-0.1, -0.05) is 12.1 Å². The molecule has 164 valence electrons. The first-order valence-electron chi connectivity index (χ1n) is 10.0. The van der Waals surface area contributed by atoms with Gasteiger partial charge in [-0.3, -0.25) is 9.97 Å². The van der Waals surface area contributed by atoms with Crippen LogP contribution in [-0.2, 0) is 5.54 Å². The quantitative estimate of drug-likeness (QED) is 0.504. The van der Waals surface area contributed by atoms with E-state index in [2.05, 4.69) is 24.9 Å². The normalized spacial score (nSPS) is 17.2. The van der Waals surface area contributed by atoms with E-state index in [9.17, 15) is 13.2 Å². The number of hydrogen-bond acceptors (Lipinski definition) is 6. The minimum Gasteiger partial charge on any atom is -0.383 e. The highest BCUT2D eigenvalue weighted by molar-refractivity contribution is 6.03. The van der Waals surface area contributed by atoms with Gasteiger partial charge in [0.2, 0.25) is 0 Å². The van der Waals surface area contributed by atoms with Crippen LogP contribution < -0.4 is 5.73 Å². The third kappa shape index (κ3) is 3.32. The Kier molecular flexibility index (Phi) is 4.88. The number of amidine groups is 1. The molecule has 33 heavy (non-hydrogen) atoms. The lowest BCUT2D eigenvalue weighted by Crippen LogP contribution is -2.26. The molecule has 0 bridgehead atoms. The zero-order chi connectivity index (χ0) is 23.2. The van der Waals surface area contributed by atoms with Crippen molar-refractivity contribution in [3.8, 4) is 11.3 Å². The first-order chi connectivity index (χ1) is 15.9. The average molecular weight is 446 g/mol. The number of aromatic nitrogens is 4. The summed E-state index contributed by atoms with van der Waals surface area (Å²) in [5.41, 5.74) is 7.59. The number of rotatable bonds is 4. The SMILES string of the molecule is Cc1cc(C2(c3ccnc(-c4cncnc4)c3)N=C(N)c3c(F)cccc32)cc(C(F)F)n1. The molecule has 1 atom stereocenters. The van der Waals surface area contributed by atoms with Gasteiger partial charge in [0.1, 0.15) is 29.2 Å². The highest BCUT2D eigenvalue weighted by atomic mass is 19.3. The number of nitrogens with two attached hydrogens (primary N) is 1. The highest BCUT2D eigenvalue weighted by Gasteiger charge is 2.45. The smallest absolute Gasteiger partial charge is 0.280 e. The topological polar surface area (TPSA) is 89.9 Å². The largest absolute Gasteiger partial charge is 0.383 e. The molecule has 9 heteroatoms. The van der Waals surface area contributed by atoms with E-state index in [1.807, 2.05) is 0 Å². The van der Waals surface area contributed by atoms with Crippen LogP contribution >= 0.6 is 0 Å². The van der Waals surface area contributed by atoms with Crippen LogP contribution in [0, 0.1) is 12.7 Å². The molecule has 1 aliphatic heterocycles. The van der Waals surface area contributed by atoms with Crippen molar-refractivity contribution < 1.29 is 13.2 Å². The number of aliphatic imine (C=N–C) groups is 1. The molecule has 0 spiro atoms. The summed E-state index contributed by atoms with van der Waals surface area (Å²) in [5.74, 6) is -0.557. The molecular formula is C24H17F3N6. The van der Waals surface area contributed by atoms with E-state index >= 15 is 0 Å². The van der Waals surface area contributed by atoms with E-state index < -0.39 is 23.5 Å². The maximum Gasteiger partial charge on any atom is 0.280 e. The average Bonchev–Trinajstić information content (AvgIpc) is 3.14. The van der Waals surface area contributed by atoms with Crippen molar-refractivity contribution in [2.45, 2.75) is 18.9 Å². The zero-order valence-electron chi connectivity index (χ0n) is 17.4. The van der Waals surface area contributed by atoms with Crippen molar-refractivity contribution >= 4 is 5.84 Å². The molecule has 0 saturated carbocycles. The summed E-state index contributed by atoms with van der Waals surface area (Å²) in [5, 5.41) is 0. The van der Waals surface area contributed by atoms with E-state index in [1.54, 1.807) is 55.8 Å². The van der Waals surface area contributed by atoms with Crippen molar-refractivity contribution in [3.05, 3.63) is 107 Å². The van der Waals surface area contributed by atoms with Gasteiger partial charge in [-0.05, 0) is 48.4 Å². The Labute approximate surface area is 187 Å². The Hall–Kier alpha value is -4.14. The number of pyridine rings is 2. The predicted molar refractivity (Wildman–Crippen MR) is 116 cm³/mol. The zero-order valence-corrected chi connectivity index (χ0v) is 17.4. The molecule has 4 heterocycles. The van der Waals surface area contributed by atoms with Gasteiger partial charge in [-0.25, -0.2) is 28.1 Å². The number of alkyl halides is 2. The Morgan fingerprint density at radius 3 is 2.55 bits per heavy atom. The number of hydrogen-bond donors (Lipinski definition) is 1. The summed E-state index contributed by atoms with van der Waals surface area (Å²) in [7, 11) is 0. The second-order valence-corrected chi connectivity index (χ2v) is 7.65. The van der Waals surface area contributed by atoms with Gasteiger partial charge in [0.05, 0.1) is 11.3 Å². The van der Waals surface area contributed by atoms with E-state index in [-0.39, 0.29) is 11.4 Å². The lowest BCUT2D eigenvalue weighted by atomic mass is 9.77. The van der Waals surface area contributed by atoms with Crippen molar-refractivity contribution in [2.75, 3.05) is 0 Å². The van der Waals surface area contributed by atoms with E-state index in [0.717, 1.165) is 0 Å². The summed E-state index contributed by atoms with van der Waals surface area (Å²) in [6.45, 7) is 1.62. The van der Waals surface area contributed by atoms with Crippen molar-refractivity contribution in [2.24, 2.45) is 10.7 Å². The maximum atomic E-state index is 14.8. The van der Waals surface area contributed by atoms with Crippen molar-refractivity contribution in [1.29, 1.82) is 0 Å². The molecule has 0 saturated heterocycles. The Balaban J connectivity index is 1.84. The summed E-state index contributed by atoms with van der Waals surface area (Å²) in [6.07, 6.45) is 3.41. The number of aryl methyl sites for hydroxylation is 1. The van der Waals surface area contributed by atoms with Crippen molar-refractivity contribution in [1.82, 2.24) is 19.9 Å². The number of fused-ring (bicyclic) bond motifs is 1. The maximum absolute atomic E-state index is 14.8. The van der Waals surface area contributed by atoms with E-state index in [4.69, 9.17) is 5.73 Å². The summed E-state index contributed by atoms with van der Waals surface area (Å²) in [6, 6.07) is 11.0. The molecule has 1 unspecified atom stereocenters. The second kappa shape index (κ2) is 7.77. The van der Waals surface area contributed by atoms with Gasteiger partial charge in [0.15, 0.2) is 0 Å². The van der Waals surface area contributed by atoms with Crippen LogP contribution in [0.5, 0.6) is 0 Å². The molecule has 2 N–H and O–H groups in total. The van der Waals surface area contributed by atoms with Crippen LogP contribution in [0.1, 0.15) is 40.1 Å². The van der Waals surface area contributed by atoms with E-state index in [1.165, 1.54) is 18.5 Å². The van der Waals surface area contributed by atoms with E-state index in [0.29, 0.717) is 33.6 Å². The number of halogens is 3. The minimum absolute atomic E-state index is 0.0161. The van der Waals surface area contributed by atoms with Crippen LogP contribution in [0.2, 0.25) is 0 Å². The molecule has 0 amide bonds. The van der Waals surface area contributed by atoms with Gasteiger partial charge in [-0.15, -0.1) is 0 Å². The monoisotopic (exact) mass is 446 g/mol. The first kappa shape index (κ1) is 20.7. The Morgan fingerprint density at radius 2 is 1.79 bits per heavy atom. The van der Waals surface area contributed by atoms with Crippen LogP contribution in [0.3, 0.4) is 0 Å². The van der Waals surface area contributed by atoms with Gasteiger partial charge in [0.25, 0.3) is 6.43 Å². The molecule has 4 aromatic rings. The van der Waals surface area contributed by atoms with Gasteiger partial charge in [0, 0.05) is 35.4 Å². The first-order valence-corrected chi connectivity index (χ1v) is 10.0. The Bertz CT molecular complexity index is 1390. The summed E-state index contributed by atoms with van der Waals surface area (Å²) >= 11 is 0. The molecule has 1 aromatic carbocycles. The fourth-order valence-corrected chi connectivity index (χ4v) is 4.25. The minimum atomic E-state index is -2.79. The molecule has 0 radical (unpaired) electrons. The van der Waals surface area contributed by atoms with Gasteiger partial charge < -0.3 is 5.73 Å². The number of nitrogens with zero attached hydrogens (tertiary/aromatic N) is 5. The third-order valence-corrected chi connectivity index (χ3v) is 5.60. The van der Waals surface area contributed by atoms with Crippen LogP contribution in [0.25, 0.3) is 11.3 Å². The molecule has 1 aliphatic rings. The van der Waals surface area contributed by atoms with Crippen molar-refractivity contribution in [3.63, 3.8) is 0 Å². The van der Waals surface area contributed by atoms with Gasteiger partial charge in [-0.2, -0.15) is 0 Å². The lowest BCUT2D eigenvalue weighted by molar-refractivity contribution is 0.145.